The predicted molar refractivity (Wildman–Crippen MR) is 106 cm³/mol. The lowest BCUT2D eigenvalue weighted by Gasteiger charge is -2.38. The van der Waals surface area contributed by atoms with E-state index in [9.17, 15) is 10.1 Å². The maximum Gasteiger partial charge on any atom is 0.273 e. The number of benzene rings is 2. The van der Waals surface area contributed by atoms with Crippen molar-refractivity contribution in [1.82, 2.24) is 0 Å². The molecule has 1 N–H and O–H groups in total. The summed E-state index contributed by atoms with van der Waals surface area (Å²) in [6.07, 6.45) is 5.14. The zero-order valence-electron chi connectivity index (χ0n) is 16.0. The molecule has 0 saturated carbocycles. The summed E-state index contributed by atoms with van der Waals surface area (Å²) in [5.41, 5.74) is 2.71. The summed E-state index contributed by atoms with van der Waals surface area (Å²) in [7, 11) is 4.78. The number of allylic oxidation sites excluding steroid dienone is 2. The molecular formula is C21H22N2O5. The van der Waals surface area contributed by atoms with Gasteiger partial charge in [0.1, 0.15) is 5.75 Å². The lowest BCUT2D eigenvalue weighted by Crippen LogP contribution is -2.29. The average Bonchev–Trinajstić information content (AvgIpc) is 3.21. The molecule has 2 aromatic rings. The highest BCUT2D eigenvalue weighted by molar-refractivity contribution is 5.71. The second kappa shape index (κ2) is 7.07. The Labute approximate surface area is 163 Å². The fourth-order valence-electron chi connectivity index (χ4n) is 4.38. The van der Waals surface area contributed by atoms with E-state index in [1.807, 2.05) is 18.2 Å². The van der Waals surface area contributed by atoms with Gasteiger partial charge in [0.05, 0.1) is 44.0 Å². The van der Waals surface area contributed by atoms with Crippen molar-refractivity contribution in [3.63, 3.8) is 0 Å². The first-order valence-corrected chi connectivity index (χ1v) is 9.09. The van der Waals surface area contributed by atoms with Crippen LogP contribution in [0, 0.1) is 16.0 Å². The quantitative estimate of drug-likeness (QED) is 0.467. The number of para-hydroxylation sites is 1. The molecule has 28 heavy (non-hydrogen) atoms. The third kappa shape index (κ3) is 2.74. The summed E-state index contributed by atoms with van der Waals surface area (Å²) in [4.78, 5) is 11.0. The number of fused-ring (bicyclic) bond motifs is 3. The minimum atomic E-state index is -0.381. The molecule has 7 nitrogen and oxygen atoms in total. The lowest BCUT2D eigenvalue weighted by molar-refractivity contribution is -0.385. The van der Waals surface area contributed by atoms with Gasteiger partial charge in [-0.05, 0) is 24.0 Å². The summed E-state index contributed by atoms with van der Waals surface area (Å²) in [6, 6.07) is 8.90. The van der Waals surface area contributed by atoms with Crippen molar-refractivity contribution in [3.8, 4) is 17.2 Å². The van der Waals surface area contributed by atoms with Crippen LogP contribution in [0.2, 0.25) is 0 Å². The second-order valence-corrected chi connectivity index (χ2v) is 6.93. The van der Waals surface area contributed by atoms with Gasteiger partial charge in [-0.1, -0.05) is 24.3 Å². The van der Waals surface area contributed by atoms with Crippen LogP contribution in [0.3, 0.4) is 0 Å². The fourth-order valence-corrected chi connectivity index (χ4v) is 4.38. The molecule has 0 aromatic heterocycles. The standard InChI is InChI=1S/C21H22N2O5/c1-26-17-9-5-8-15(21(17)28-3)19-14-7-4-6-13(14)16-10-12(23(24)25)11-18(27-2)20(16)22-19/h4-6,8-11,13-14,19,22H,7H2,1-3H3/t13-,14+,19+/m1/s1. The Bertz CT molecular complexity index is 956. The number of rotatable bonds is 5. The zero-order valence-corrected chi connectivity index (χ0v) is 16.0. The van der Waals surface area contributed by atoms with Crippen LogP contribution in [0.15, 0.2) is 42.5 Å². The van der Waals surface area contributed by atoms with Gasteiger partial charge < -0.3 is 19.5 Å². The van der Waals surface area contributed by atoms with Gasteiger partial charge in [-0.3, -0.25) is 10.1 Å². The summed E-state index contributed by atoms with van der Waals surface area (Å²) < 4.78 is 16.6. The average molecular weight is 382 g/mol. The molecule has 0 amide bonds. The highest BCUT2D eigenvalue weighted by Gasteiger charge is 2.41. The largest absolute Gasteiger partial charge is 0.494 e. The molecule has 2 aromatic carbocycles. The Morgan fingerprint density at radius 1 is 1.07 bits per heavy atom. The number of nitro benzene ring substituents is 1. The van der Waals surface area contributed by atoms with Crippen molar-refractivity contribution in [2.45, 2.75) is 18.4 Å². The molecule has 4 rings (SSSR count). The highest BCUT2D eigenvalue weighted by Crippen LogP contribution is 2.55. The van der Waals surface area contributed by atoms with Crippen LogP contribution in [0.25, 0.3) is 0 Å². The molecule has 0 saturated heterocycles. The SMILES string of the molecule is COc1cc([N+](=O)[O-])cc2c1N[C@H](c1cccc(OC)c1OC)[C@H]1CC=C[C@@H]21. The molecule has 2 aliphatic rings. The van der Waals surface area contributed by atoms with E-state index >= 15 is 0 Å². The van der Waals surface area contributed by atoms with Gasteiger partial charge in [-0.25, -0.2) is 0 Å². The number of nitrogens with one attached hydrogen (secondary N) is 1. The summed E-state index contributed by atoms with van der Waals surface area (Å²) in [5, 5.41) is 14.9. The van der Waals surface area contributed by atoms with Crippen LogP contribution in [-0.2, 0) is 0 Å². The van der Waals surface area contributed by atoms with Crippen molar-refractivity contribution in [3.05, 3.63) is 63.7 Å². The van der Waals surface area contributed by atoms with E-state index in [1.54, 1.807) is 20.3 Å². The molecule has 146 valence electrons. The molecule has 7 heteroatoms. The van der Waals surface area contributed by atoms with Crippen LogP contribution in [0.5, 0.6) is 17.2 Å². The highest BCUT2D eigenvalue weighted by atomic mass is 16.6. The lowest BCUT2D eigenvalue weighted by atomic mass is 9.76. The Morgan fingerprint density at radius 2 is 1.86 bits per heavy atom. The van der Waals surface area contributed by atoms with Crippen molar-refractivity contribution in [1.29, 1.82) is 0 Å². The minimum Gasteiger partial charge on any atom is -0.494 e. The zero-order chi connectivity index (χ0) is 19.8. The summed E-state index contributed by atoms with van der Waals surface area (Å²) >= 11 is 0. The van der Waals surface area contributed by atoms with E-state index in [0.717, 1.165) is 23.2 Å². The van der Waals surface area contributed by atoms with Crippen LogP contribution in [-0.4, -0.2) is 26.3 Å². The van der Waals surface area contributed by atoms with Gasteiger partial charge in [0.2, 0.25) is 0 Å². The van der Waals surface area contributed by atoms with Crippen molar-refractivity contribution in [2.75, 3.05) is 26.6 Å². The van der Waals surface area contributed by atoms with Crippen molar-refractivity contribution >= 4 is 11.4 Å². The predicted octanol–water partition coefficient (Wildman–Crippen LogP) is 4.45. The topological polar surface area (TPSA) is 82.9 Å². The molecule has 1 heterocycles. The number of ether oxygens (including phenoxy) is 3. The van der Waals surface area contributed by atoms with Gasteiger partial charge >= 0.3 is 0 Å². The Balaban J connectivity index is 1.87. The summed E-state index contributed by atoms with van der Waals surface area (Å²) in [6.45, 7) is 0. The number of hydrogen-bond donors (Lipinski definition) is 1. The van der Waals surface area contributed by atoms with Gasteiger partial charge in [-0.15, -0.1) is 0 Å². The number of nitro groups is 1. The molecule has 1 aliphatic carbocycles. The minimum absolute atomic E-state index is 0.0360. The van der Waals surface area contributed by atoms with E-state index < -0.39 is 0 Å². The monoisotopic (exact) mass is 382 g/mol. The third-order valence-corrected chi connectivity index (χ3v) is 5.62. The fraction of sp³-hybridized carbons (Fsp3) is 0.333. The Kier molecular flexibility index (Phi) is 4.58. The molecule has 3 atom stereocenters. The van der Waals surface area contributed by atoms with Crippen molar-refractivity contribution < 1.29 is 19.1 Å². The number of non-ortho nitro benzene ring substituents is 1. The van der Waals surface area contributed by atoms with Crippen LogP contribution >= 0.6 is 0 Å². The molecule has 0 unspecified atom stereocenters. The number of methoxy groups -OCH3 is 3. The first kappa shape index (κ1) is 18.2. The number of anilines is 1. The molecule has 1 aliphatic heterocycles. The first-order chi connectivity index (χ1) is 13.6. The van der Waals surface area contributed by atoms with Crippen LogP contribution in [0.1, 0.15) is 29.5 Å². The Morgan fingerprint density at radius 3 is 2.54 bits per heavy atom. The van der Waals surface area contributed by atoms with Crippen molar-refractivity contribution in [2.24, 2.45) is 5.92 Å². The van der Waals surface area contributed by atoms with E-state index in [4.69, 9.17) is 14.2 Å². The van der Waals surface area contributed by atoms with E-state index in [2.05, 4.69) is 17.5 Å². The third-order valence-electron chi connectivity index (χ3n) is 5.62. The van der Waals surface area contributed by atoms with Gasteiger partial charge in [0.25, 0.3) is 5.69 Å². The van der Waals surface area contributed by atoms with E-state index in [0.29, 0.717) is 17.2 Å². The second-order valence-electron chi connectivity index (χ2n) is 6.93. The number of nitrogens with zero attached hydrogens (tertiary/aromatic N) is 1. The first-order valence-electron chi connectivity index (χ1n) is 9.09. The maximum absolute atomic E-state index is 11.4. The molecule has 0 bridgehead atoms. The van der Waals surface area contributed by atoms with Crippen LogP contribution in [0.4, 0.5) is 11.4 Å². The summed E-state index contributed by atoms with van der Waals surface area (Å²) in [5.74, 6) is 2.10. The Hall–Kier alpha value is -3.22. The maximum atomic E-state index is 11.4. The van der Waals surface area contributed by atoms with E-state index in [1.165, 1.54) is 13.2 Å². The molecule has 0 spiro atoms. The molecule has 0 fully saturated rings. The van der Waals surface area contributed by atoms with Gasteiger partial charge in [0, 0.05) is 17.5 Å². The van der Waals surface area contributed by atoms with E-state index in [-0.39, 0.29) is 28.5 Å². The normalized spacial score (nSPS) is 22.0. The van der Waals surface area contributed by atoms with Gasteiger partial charge in [-0.2, -0.15) is 0 Å². The van der Waals surface area contributed by atoms with Gasteiger partial charge in [0.15, 0.2) is 11.5 Å². The number of hydrogen-bond acceptors (Lipinski definition) is 6. The van der Waals surface area contributed by atoms with Crippen LogP contribution < -0.4 is 19.5 Å². The smallest absolute Gasteiger partial charge is 0.273 e. The molecular weight excluding hydrogens is 360 g/mol. The molecule has 0 radical (unpaired) electrons.